The largest absolute Gasteiger partial charge is 0.335 e. The highest BCUT2D eigenvalue weighted by Gasteiger charge is 2.37. The molecule has 1 aromatic heterocycles. The number of nitrogen functional groups attached to an aromatic ring is 1. The number of hydrogen-bond acceptors (Lipinski definition) is 5. The number of rotatable bonds is 2. The van der Waals surface area contributed by atoms with Gasteiger partial charge in [0.1, 0.15) is 0 Å². The van der Waals surface area contributed by atoms with Crippen molar-refractivity contribution in [3.63, 3.8) is 0 Å². The van der Waals surface area contributed by atoms with Crippen LogP contribution in [0.3, 0.4) is 0 Å². The second-order valence-corrected chi connectivity index (χ2v) is 2.92. The van der Waals surface area contributed by atoms with Crippen LogP contribution in [0.4, 0.5) is 6.01 Å². The van der Waals surface area contributed by atoms with Gasteiger partial charge < -0.3 is 4.52 Å². The summed E-state index contributed by atoms with van der Waals surface area (Å²) < 4.78 is 4.77. The van der Waals surface area contributed by atoms with Gasteiger partial charge in [0.25, 0.3) is 0 Å². The third kappa shape index (κ3) is 1.07. The molecule has 0 radical (unpaired) electrons. The minimum atomic E-state index is 0.291. The van der Waals surface area contributed by atoms with Crippen molar-refractivity contribution in [3.05, 3.63) is 5.82 Å². The van der Waals surface area contributed by atoms with Crippen LogP contribution in [0.5, 0.6) is 0 Å². The first-order chi connectivity index (χ1) is 5.31. The fourth-order valence-corrected chi connectivity index (χ4v) is 1.13. The second kappa shape index (κ2) is 2.20. The molecule has 1 heterocycles. The summed E-state index contributed by atoms with van der Waals surface area (Å²) in [7, 11) is 0. The Kier molecular flexibility index (Phi) is 1.32. The Balaban J connectivity index is 2.13. The van der Waals surface area contributed by atoms with Gasteiger partial charge in [-0.3, -0.25) is 5.43 Å². The molecule has 2 atom stereocenters. The van der Waals surface area contributed by atoms with Crippen molar-refractivity contribution < 1.29 is 4.52 Å². The first-order valence-electron chi connectivity index (χ1n) is 3.61. The van der Waals surface area contributed by atoms with Crippen LogP contribution in [0.2, 0.25) is 0 Å². The lowest BCUT2D eigenvalue weighted by Crippen LogP contribution is -2.06. The van der Waals surface area contributed by atoms with Gasteiger partial charge >= 0.3 is 6.01 Å². The molecule has 1 fully saturated rings. The minimum Gasteiger partial charge on any atom is -0.314 e. The highest BCUT2D eigenvalue weighted by atomic mass is 16.5. The summed E-state index contributed by atoms with van der Waals surface area (Å²) in [6.45, 7) is 2.16. The molecule has 2 unspecified atom stereocenters. The van der Waals surface area contributed by atoms with E-state index in [1.807, 2.05) is 0 Å². The van der Waals surface area contributed by atoms with Gasteiger partial charge in [-0.05, 0) is 12.3 Å². The molecule has 5 nitrogen and oxygen atoms in total. The van der Waals surface area contributed by atoms with E-state index in [0.717, 1.165) is 12.2 Å². The number of nitrogens with zero attached hydrogens (tertiary/aromatic N) is 2. The second-order valence-electron chi connectivity index (χ2n) is 2.92. The van der Waals surface area contributed by atoms with Crippen LogP contribution in [0.25, 0.3) is 0 Å². The van der Waals surface area contributed by atoms with E-state index in [-0.39, 0.29) is 0 Å². The van der Waals surface area contributed by atoms with E-state index in [4.69, 9.17) is 10.4 Å². The number of nitrogens with two attached hydrogens (primary N) is 1. The zero-order valence-corrected chi connectivity index (χ0v) is 6.24. The number of aromatic nitrogens is 2. The third-order valence-corrected chi connectivity index (χ3v) is 2.01. The molecular formula is C6H10N4O. The predicted octanol–water partition coefficient (Wildman–Crippen LogP) is 0.479. The van der Waals surface area contributed by atoms with E-state index in [0.29, 0.717) is 17.9 Å². The maximum Gasteiger partial charge on any atom is 0.335 e. The van der Waals surface area contributed by atoms with E-state index >= 15 is 0 Å². The topological polar surface area (TPSA) is 77.0 Å². The van der Waals surface area contributed by atoms with Crippen LogP contribution in [0, 0.1) is 5.92 Å². The summed E-state index contributed by atoms with van der Waals surface area (Å²) in [5.41, 5.74) is 2.30. The smallest absolute Gasteiger partial charge is 0.314 e. The van der Waals surface area contributed by atoms with Gasteiger partial charge in [-0.1, -0.05) is 12.1 Å². The number of hydrazine groups is 1. The van der Waals surface area contributed by atoms with Crippen molar-refractivity contribution in [2.45, 2.75) is 19.3 Å². The predicted molar refractivity (Wildman–Crippen MR) is 38.6 cm³/mol. The van der Waals surface area contributed by atoms with Crippen molar-refractivity contribution in [1.82, 2.24) is 10.1 Å². The fraction of sp³-hybridized carbons (Fsp3) is 0.667. The van der Waals surface area contributed by atoms with Crippen LogP contribution in [0.15, 0.2) is 4.52 Å². The quantitative estimate of drug-likeness (QED) is 0.478. The van der Waals surface area contributed by atoms with Crippen molar-refractivity contribution in [2.24, 2.45) is 11.8 Å². The van der Waals surface area contributed by atoms with Crippen LogP contribution in [-0.2, 0) is 0 Å². The third-order valence-electron chi connectivity index (χ3n) is 2.01. The monoisotopic (exact) mass is 154 g/mol. The number of anilines is 1. The number of nitrogens with one attached hydrogen (secondary N) is 1. The fourth-order valence-electron chi connectivity index (χ4n) is 1.13. The first kappa shape index (κ1) is 6.60. The van der Waals surface area contributed by atoms with Crippen LogP contribution >= 0.6 is 0 Å². The minimum absolute atomic E-state index is 0.291. The maximum absolute atomic E-state index is 5.07. The van der Waals surface area contributed by atoms with Crippen molar-refractivity contribution in [1.29, 1.82) is 0 Å². The van der Waals surface area contributed by atoms with E-state index in [2.05, 4.69) is 22.5 Å². The molecule has 1 saturated carbocycles. The molecule has 0 aliphatic heterocycles. The lowest BCUT2D eigenvalue weighted by atomic mass is 10.3. The van der Waals surface area contributed by atoms with Gasteiger partial charge in [0.05, 0.1) is 0 Å². The Morgan fingerprint density at radius 3 is 2.91 bits per heavy atom. The molecule has 1 aromatic rings. The van der Waals surface area contributed by atoms with Crippen molar-refractivity contribution in [2.75, 3.05) is 5.43 Å². The zero-order valence-electron chi connectivity index (χ0n) is 6.24. The average molecular weight is 154 g/mol. The molecule has 60 valence electrons. The molecule has 2 rings (SSSR count). The molecule has 0 bridgehead atoms. The highest BCUT2D eigenvalue weighted by Crippen LogP contribution is 2.45. The average Bonchev–Trinajstić information content (AvgIpc) is 2.59. The molecule has 0 amide bonds. The summed E-state index contributed by atoms with van der Waals surface area (Å²) in [4.78, 5) is 4.03. The van der Waals surface area contributed by atoms with Crippen LogP contribution in [0.1, 0.15) is 25.1 Å². The Morgan fingerprint density at radius 1 is 1.73 bits per heavy atom. The Labute approximate surface area is 63.9 Å². The zero-order chi connectivity index (χ0) is 7.84. The molecule has 1 aliphatic rings. The molecule has 5 heteroatoms. The highest BCUT2D eigenvalue weighted by molar-refractivity contribution is 5.18. The van der Waals surface area contributed by atoms with Crippen molar-refractivity contribution in [3.8, 4) is 0 Å². The van der Waals surface area contributed by atoms with Gasteiger partial charge in [0.15, 0.2) is 5.82 Å². The van der Waals surface area contributed by atoms with E-state index in [1.54, 1.807) is 0 Å². The Hall–Kier alpha value is -1.10. The van der Waals surface area contributed by atoms with E-state index in [1.165, 1.54) is 0 Å². The SMILES string of the molecule is CC1CC1c1noc(NN)n1. The van der Waals surface area contributed by atoms with Gasteiger partial charge in [-0.2, -0.15) is 4.98 Å². The summed E-state index contributed by atoms with van der Waals surface area (Å²) in [5.74, 6) is 7.02. The Bertz CT molecular complexity index is 259. The maximum atomic E-state index is 5.07. The molecule has 3 N–H and O–H groups in total. The molecule has 0 aromatic carbocycles. The molecule has 11 heavy (non-hydrogen) atoms. The lowest BCUT2D eigenvalue weighted by molar-refractivity contribution is 0.422. The first-order valence-corrected chi connectivity index (χ1v) is 3.61. The summed E-state index contributed by atoms with van der Waals surface area (Å²) >= 11 is 0. The Morgan fingerprint density at radius 2 is 2.45 bits per heavy atom. The van der Waals surface area contributed by atoms with E-state index < -0.39 is 0 Å². The molecular weight excluding hydrogens is 144 g/mol. The number of hydrogen-bond donors (Lipinski definition) is 2. The molecule has 0 saturated heterocycles. The molecule has 1 aliphatic carbocycles. The normalized spacial score (nSPS) is 28.5. The van der Waals surface area contributed by atoms with Gasteiger partial charge in [-0.25, -0.2) is 5.84 Å². The summed E-state index contributed by atoms with van der Waals surface area (Å²) in [6.07, 6.45) is 1.16. The van der Waals surface area contributed by atoms with Crippen LogP contribution < -0.4 is 11.3 Å². The standard InChI is InChI=1S/C6H10N4O/c1-3-2-4(3)5-8-6(9-7)11-10-5/h3-4H,2,7H2,1H3,(H,8,9,10). The van der Waals surface area contributed by atoms with Gasteiger partial charge in [-0.15, -0.1) is 0 Å². The molecule has 0 spiro atoms. The summed E-state index contributed by atoms with van der Waals surface area (Å²) in [5, 5.41) is 3.77. The van der Waals surface area contributed by atoms with Crippen molar-refractivity contribution >= 4 is 6.01 Å². The summed E-state index contributed by atoms with van der Waals surface area (Å²) in [6, 6.07) is 0.291. The van der Waals surface area contributed by atoms with E-state index in [9.17, 15) is 0 Å². The van der Waals surface area contributed by atoms with Gasteiger partial charge in [0.2, 0.25) is 0 Å². The van der Waals surface area contributed by atoms with Gasteiger partial charge in [0, 0.05) is 5.92 Å². The van der Waals surface area contributed by atoms with Crippen LogP contribution in [-0.4, -0.2) is 10.1 Å². The lowest BCUT2D eigenvalue weighted by Gasteiger charge is -1.84.